The summed E-state index contributed by atoms with van der Waals surface area (Å²) in [6.45, 7) is 0.379. The van der Waals surface area contributed by atoms with Crippen LogP contribution in [0.2, 0.25) is 0 Å². The van der Waals surface area contributed by atoms with Gasteiger partial charge in [-0.3, -0.25) is 4.79 Å². The van der Waals surface area contributed by atoms with Gasteiger partial charge in [0.05, 0.1) is 12.4 Å². The van der Waals surface area contributed by atoms with Crippen LogP contribution in [0.15, 0.2) is 65.3 Å². The third-order valence-corrected chi connectivity index (χ3v) is 3.63. The maximum absolute atomic E-state index is 11.7. The number of amides is 1. The molecule has 2 aromatic carbocycles. The minimum Gasteiger partial charge on any atom is -0.459 e. The van der Waals surface area contributed by atoms with Crippen LogP contribution in [0.25, 0.3) is 10.8 Å². The fourth-order valence-corrected chi connectivity index (χ4v) is 2.51. The van der Waals surface area contributed by atoms with Crippen molar-refractivity contribution in [2.24, 2.45) is 0 Å². The van der Waals surface area contributed by atoms with E-state index in [9.17, 15) is 9.90 Å². The van der Waals surface area contributed by atoms with E-state index in [2.05, 4.69) is 5.32 Å². The Morgan fingerprint density at radius 1 is 1.09 bits per heavy atom. The summed E-state index contributed by atoms with van der Waals surface area (Å²) in [6.07, 6.45) is 1.28. The highest BCUT2D eigenvalue weighted by molar-refractivity contribution is 5.91. The van der Waals surface area contributed by atoms with E-state index < -0.39 is 6.10 Å². The summed E-state index contributed by atoms with van der Waals surface area (Å²) >= 11 is 0. The van der Waals surface area contributed by atoms with Gasteiger partial charge in [0.25, 0.3) is 5.91 Å². The average molecular weight is 295 g/mol. The number of aliphatic hydroxyl groups is 1. The van der Waals surface area contributed by atoms with Gasteiger partial charge in [0.1, 0.15) is 0 Å². The summed E-state index contributed by atoms with van der Waals surface area (Å²) in [5.74, 6) is 0.00905. The number of carbonyl (C=O) groups is 1. The molecule has 2 N–H and O–H groups in total. The molecule has 22 heavy (non-hydrogen) atoms. The lowest BCUT2D eigenvalue weighted by atomic mass is 9.99. The number of nitrogens with one attached hydrogen (secondary N) is 1. The lowest BCUT2D eigenvalue weighted by molar-refractivity contribution is 0.0915. The van der Waals surface area contributed by atoms with Gasteiger partial charge >= 0.3 is 0 Å². The van der Waals surface area contributed by atoms with Gasteiger partial charge in [-0.2, -0.15) is 0 Å². The van der Waals surface area contributed by atoms with Crippen LogP contribution < -0.4 is 5.32 Å². The topological polar surface area (TPSA) is 62.5 Å². The Morgan fingerprint density at radius 2 is 1.91 bits per heavy atom. The van der Waals surface area contributed by atoms with E-state index in [1.54, 1.807) is 12.1 Å². The number of fused-ring (bicyclic) bond motifs is 1. The minimum atomic E-state index is -0.622. The van der Waals surface area contributed by atoms with Gasteiger partial charge in [-0.1, -0.05) is 42.5 Å². The van der Waals surface area contributed by atoms with Gasteiger partial charge in [0, 0.05) is 6.54 Å². The first-order valence-corrected chi connectivity index (χ1v) is 7.23. The first-order chi connectivity index (χ1) is 10.8. The molecule has 0 saturated heterocycles. The van der Waals surface area contributed by atoms with E-state index in [1.165, 1.54) is 6.26 Å². The normalized spacial score (nSPS) is 12.2. The first-order valence-electron chi connectivity index (χ1n) is 7.23. The molecule has 0 aliphatic rings. The van der Waals surface area contributed by atoms with Crippen LogP contribution in [0.1, 0.15) is 28.6 Å². The third kappa shape index (κ3) is 3.02. The second-order valence-electron chi connectivity index (χ2n) is 5.11. The molecule has 112 valence electrons. The molecule has 1 heterocycles. The zero-order valence-corrected chi connectivity index (χ0v) is 12.0. The van der Waals surface area contributed by atoms with Crippen molar-refractivity contribution in [1.82, 2.24) is 5.32 Å². The lowest BCUT2D eigenvalue weighted by Gasteiger charge is -2.14. The van der Waals surface area contributed by atoms with Crippen LogP contribution in [0.3, 0.4) is 0 Å². The van der Waals surface area contributed by atoms with Crippen LogP contribution in [0.5, 0.6) is 0 Å². The Bertz CT molecular complexity index is 760. The molecule has 0 radical (unpaired) electrons. The van der Waals surface area contributed by atoms with Crippen molar-refractivity contribution in [2.75, 3.05) is 6.54 Å². The van der Waals surface area contributed by atoms with Crippen LogP contribution in [0, 0.1) is 0 Å². The second-order valence-corrected chi connectivity index (χ2v) is 5.11. The van der Waals surface area contributed by atoms with Gasteiger partial charge in [-0.15, -0.1) is 0 Å². The van der Waals surface area contributed by atoms with Crippen LogP contribution in [0.4, 0.5) is 0 Å². The van der Waals surface area contributed by atoms with Gasteiger partial charge < -0.3 is 14.8 Å². The van der Waals surface area contributed by atoms with Crippen molar-refractivity contribution in [3.8, 4) is 0 Å². The van der Waals surface area contributed by atoms with E-state index in [0.717, 1.165) is 16.3 Å². The average Bonchev–Trinajstić information content (AvgIpc) is 3.08. The van der Waals surface area contributed by atoms with Crippen molar-refractivity contribution in [1.29, 1.82) is 0 Å². The van der Waals surface area contributed by atoms with Crippen molar-refractivity contribution >= 4 is 16.7 Å². The summed E-state index contributed by atoms with van der Waals surface area (Å²) in [5.41, 5.74) is 0.880. The fraction of sp³-hybridized carbons (Fsp3) is 0.167. The molecule has 0 fully saturated rings. The molecule has 3 aromatic rings. The minimum absolute atomic E-state index is 0.268. The Hall–Kier alpha value is -2.59. The zero-order chi connectivity index (χ0) is 15.4. The molecule has 4 heteroatoms. The molecule has 1 atom stereocenters. The van der Waals surface area contributed by atoms with Crippen molar-refractivity contribution in [3.63, 3.8) is 0 Å². The second kappa shape index (κ2) is 6.45. The van der Waals surface area contributed by atoms with Gasteiger partial charge in [-0.25, -0.2) is 0 Å². The predicted octanol–water partition coefficient (Wildman–Crippen LogP) is 3.29. The number of furan rings is 1. The predicted molar refractivity (Wildman–Crippen MR) is 84.6 cm³/mol. The number of carbonyl (C=O) groups excluding carboxylic acids is 1. The molecule has 1 amide bonds. The SMILES string of the molecule is O=C(NCC[C@H](O)c1cccc2ccccc12)c1ccco1. The number of benzene rings is 2. The quantitative estimate of drug-likeness (QED) is 0.759. The number of hydrogen-bond acceptors (Lipinski definition) is 3. The van der Waals surface area contributed by atoms with E-state index in [1.807, 2.05) is 42.5 Å². The van der Waals surface area contributed by atoms with E-state index in [4.69, 9.17) is 4.42 Å². The van der Waals surface area contributed by atoms with Crippen LogP contribution >= 0.6 is 0 Å². The van der Waals surface area contributed by atoms with E-state index in [0.29, 0.717) is 13.0 Å². The number of rotatable bonds is 5. The maximum atomic E-state index is 11.7. The zero-order valence-electron chi connectivity index (χ0n) is 12.0. The Labute approximate surface area is 128 Å². The molecule has 0 saturated carbocycles. The molecule has 3 rings (SSSR count). The monoisotopic (exact) mass is 295 g/mol. The molecule has 0 unspecified atom stereocenters. The highest BCUT2D eigenvalue weighted by Crippen LogP contribution is 2.25. The maximum Gasteiger partial charge on any atom is 0.286 e. The van der Waals surface area contributed by atoms with E-state index in [-0.39, 0.29) is 11.7 Å². The van der Waals surface area contributed by atoms with Crippen molar-refractivity contribution in [2.45, 2.75) is 12.5 Å². The molecular formula is C18H17NO3. The Morgan fingerprint density at radius 3 is 2.73 bits per heavy atom. The van der Waals surface area contributed by atoms with Crippen LogP contribution in [-0.2, 0) is 0 Å². The largest absolute Gasteiger partial charge is 0.459 e. The smallest absolute Gasteiger partial charge is 0.286 e. The molecule has 0 aliphatic heterocycles. The molecule has 0 spiro atoms. The summed E-state index contributed by atoms with van der Waals surface area (Å²) in [4.78, 5) is 11.7. The molecule has 0 bridgehead atoms. The van der Waals surface area contributed by atoms with Gasteiger partial charge in [-0.05, 0) is 34.9 Å². The summed E-state index contributed by atoms with van der Waals surface area (Å²) in [7, 11) is 0. The van der Waals surface area contributed by atoms with Crippen molar-refractivity contribution < 1.29 is 14.3 Å². The van der Waals surface area contributed by atoms with Gasteiger partial charge in [0.15, 0.2) is 5.76 Å². The molecular weight excluding hydrogens is 278 g/mol. The first kappa shape index (κ1) is 14.4. The third-order valence-electron chi connectivity index (χ3n) is 3.63. The Kier molecular flexibility index (Phi) is 4.21. The highest BCUT2D eigenvalue weighted by Gasteiger charge is 2.12. The standard InChI is InChI=1S/C18H17NO3/c20-16(10-11-19-18(21)17-9-4-12-22-17)15-8-3-6-13-5-1-2-7-14(13)15/h1-9,12,16,20H,10-11H2,(H,19,21)/t16-/m0/s1. The van der Waals surface area contributed by atoms with E-state index >= 15 is 0 Å². The summed E-state index contributed by atoms with van der Waals surface area (Å²) in [6, 6.07) is 17.1. The van der Waals surface area contributed by atoms with Crippen molar-refractivity contribution in [3.05, 3.63) is 72.2 Å². The molecule has 0 aliphatic carbocycles. The van der Waals surface area contributed by atoms with Gasteiger partial charge in [0.2, 0.25) is 0 Å². The highest BCUT2D eigenvalue weighted by atomic mass is 16.3. The summed E-state index contributed by atoms with van der Waals surface area (Å²) in [5, 5.41) is 15.3. The molecule has 4 nitrogen and oxygen atoms in total. The fourth-order valence-electron chi connectivity index (χ4n) is 2.51. The number of aliphatic hydroxyl groups excluding tert-OH is 1. The number of hydrogen-bond donors (Lipinski definition) is 2. The molecule has 1 aromatic heterocycles. The van der Waals surface area contributed by atoms with Crippen LogP contribution in [-0.4, -0.2) is 17.6 Å². The Balaban J connectivity index is 1.64. The lowest BCUT2D eigenvalue weighted by Crippen LogP contribution is -2.25. The summed E-state index contributed by atoms with van der Waals surface area (Å²) < 4.78 is 5.02.